The summed E-state index contributed by atoms with van der Waals surface area (Å²) in [6, 6.07) is 10.1. The van der Waals surface area contributed by atoms with Gasteiger partial charge in [0.1, 0.15) is 5.75 Å². The second-order valence-corrected chi connectivity index (χ2v) is 5.05. The molecular weight excluding hydrogens is 318 g/mol. The molecule has 1 aromatic carbocycles. The van der Waals surface area contributed by atoms with Gasteiger partial charge in [-0.15, -0.1) is 0 Å². The number of hydrogen-bond acceptors (Lipinski definition) is 5. The minimum Gasteiger partial charge on any atom is -0.495 e. The minimum absolute atomic E-state index is 0.144. The van der Waals surface area contributed by atoms with Crippen LogP contribution in [0, 0.1) is 0 Å². The SMILES string of the molecule is COc1ccc(Cl)cc1NC(=O)c1cc(-c2cccnc2)on1. The van der Waals surface area contributed by atoms with Crippen molar-refractivity contribution in [3.05, 3.63) is 59.5 Å². The molecule has 2 aromatic heterocycles. The molecule has 0 bridgehead atoms. The third-order valence-electron chi connectivity index (χ3n) is 3.10. The number of pyridine rings is 1. The van der Waals surface area contributed by atoms with Crippen LogP contribution >= 0.6 is 11.6 Å². The van der Waals surface area contributed by atoms with Crippen molar-refractivity contribution >= 4 is 23.2 Å². The average Bonchev–Trinajstić information content (AvgIpc) is 3.06. The standard InChI is InChI=1S/C16H12ClN3O3/c1-22-14-5-4-11(17)7-12(14)19-16(21)13-8-15(23-20-13)10-3-2-6-18-9-10/h2-9H,1H3,(H,19,21). The third kappa shape index (κ3) is 3.32. The summed E-state index contributed by atoms with van der Waals surface area (Å²) < 4.78 is 10.4. The molecule has 0 aliphatic heterocycles. The molecule has 3 rings (SSSR count). The average molecular weight is 330 g/mol. The highest BCUT2D eigenvalue weighted by Gasteiger charge is 2.16. The Bertz CT molecular complexity index is 834. The summed E-state index contributed by atoms with van der Waals surface area (Å²) in [6.45, 7) is 0. The molecule has 0 radical (unpaired) electrons. The van der Waals surface area contributed by atoms with Gasteiger partial charge in [0.2, 0.25) is 0 Å². The summed E-state index contributed by atoms with van der Waals surface area (Å²) in [4.78, 5) is 16.3. The molecule has 0 unspecified atom stereocenters. The minimum atomic E-state index is -0.426. The number of carbonyl (C=O) groups excluding carboxylic acids is 1. The van der Waals surface area contributed by atoms with E-state index in [2.05, 4.69) is 15.5 Å². The van der Waals surface area contributed by atoms with E-state index in [9.17, 15) is 4.79 Å². The van der Waals surface area contributed by atoms with Crippen LogP contribution < -0.4 is 10.1 Å². The number of nitrogens with zero attached hydrogens (tertiary/aromatic N) is 2. The van der Waals surface area contributed by atoms with Crippen LogP contribution in [0.3, 0.4) is 0 Å². The Kier molecular flexibility index (Phi) is 4.25. The second-order valence-electron chi connectivity index (χ2n) is 4.62. The lowest BCUT2D eigenvalue weighted by molar-refractivity contribution is 0.101. The number of benzene rings is 1. The second kappa shape index (κ2) is 6.50. The fourth-order valence-corrected chi connectivity index (χ4v) is 2.16. The van der Waals surface area contributed by atoms with Gasteiger partial charge >= 0.3 is 0 Å². The number of amides is 1. The van der Waals surface area contributed by atoms with Crippen LogP contribution in [-0.2, 0) is 0 Å². The summed E-state index contributed by atoms with van der Waals surface area (Å²) in [5.74, 6) is 0.532. The number of anilines is 1. The van der Waals surface area contributed by atoms with Crippen molar-refractivity contribution in [2.45, 2.75) is 0 Å². The number of ether oxygens (including phenoxy) is 1. The molecule has 1 N–H and O–H groups in total. The predicted octanol–water partition coefficient (Wildman–Crippen LogP) is 3.65. The number of methoxy groups -OCH3 is 1. The molecule has 7 heteroatoms. The summed E-state index contributed by atoms with van der Waals surface area (Å²) in [5, 5.41) is 6.96. The van der Waals surface area contributed by atoms with Crippen molar-refractivity contribution in [1.82, 2.24) is 10.1 Å². The number of aromatic nitrogens is 2. The fraction of sp³-hybridized carbons (Fsp3) is 0.0625. The van der Waals surface area contributed by atoms with Gasteiger partial charge in [-0.25, -0.2) is 0 Å². The molecule has 0 spiro atoms. The van der Waals surface area contributed by atoms with E-state index >= 15 is 0 Å². The number of rotatable bonds is 4. The first kappa shape index (κ1) is 15.1. The number of halogens is 1. The predicted molar refractivity (Wildman–Crippen MR) is 85.7 cm³/mol. The van der Waals surface area contributed by atoms with E-state index in [-0.39, 0.29) is 5.69 Å². The molecule has 23 heavy (non-hydrogen) atoms. The number of carbonyl (C=O) groups is 1. The highest BCUT2D eigenvalue weighted by atomic mass is 35.5. The van der Waals surface area contributed by atoms with Gasteiger partial charge in [0.25, 0.3) is 5.91 Å². The molecular formula is C16H12ClN3O3. The molecule has 0 aliphatic rings. The van der Waals surface area contributed by atoms with E-state index in [4.69, 9.17) is 20.9 Å². The molecule has 6 nitrogen and oxygen atoms in total. The zero-order valence-electron chi connectivity index (χ0n) is 12.1. The Labute approximate surface area is 137 Å². The summed E-state index contributed by atoms with van der Waals surface area (Å²) >= 11 is 5.94. The normalized spacial score (nSPS) is 10.3. The topological polar surface area (TPSA) is 77.2 Å². The van der Waals surface area contributed by atoms with Crippen molar-refractivity contribution in [1.29, 1.82) is 0 Å². The zero-order valence-corrected chi connectivity index (χ0v) is 12.9. The highest BCUT2D eigenvalue weighted by molar-refractivity contribution is 6.31. The van der Waals surface area contributed by atoms with Crippen LogP contribution in [0.25, 0.3) is 11.3 Å². The zero-order chi connectivity index (χ0) is 16.2. The largest absolute Gasteiger partial charge is 0.495 e. The summed E-state index contributed by atoms with van der Waals surface area (Å²) in [5.41, 5.74) is 1.33. The Hall–Kier alpha value is -2.86. The van der Waals surface area contributed by atoms with Gasteiger partial charge in [0.05, 0.1) is 12.8 Å². The monoisotopic (exact) mass is 329 g/mol. The van der Waals surface area contributed by atoms with E-state index in [0.29, 0.717) is 22.2 Å². The molecule has 0 atom stereocenters. The fourth-order valence-electron chi connectivity index (χ4n) is 1.99. The van der Waals surface area contributed by atoms with Crippen LogP contribution in [0.1, 0.15) is 10.5 Å². The van der Waals surface area contributed by atoms with Gasteiger partial charge in [-0.05, 0) is 30.3 Å². The van der Waals surface area contributed by atoms with Gasteiger partial charge in [0.15, 0.2) is 11.5 Å². The molecule has 2 heterocycles. The number of nitrogens with one attached hydrogen (secondary N) is 1. The molecule has 0 fully saturated rings. The van der Waals surface area contributed by atoms with Gasteiger partial charge in [-0.2, -0.15) is 0 Å². The highest BCUT2D eigenvalue weighted by Crippen LogP contribution is 2.28. The lowest BCUT2D eigenvalue weighted by Crippen LogP contribution is -2.12. The Balaban J connectivity index is 1.82. The van der Waals surface area contributed by atoms with Crippen LogP contribution in [0.2, 0.25) is 5.02 Å². The summed E-state index contributed by atoms with van der Waals surface area (Å²) in [7, 11) is 1.51. The lowest BCUT2D eigenvalue weighted by Gasteiger charge is -2.09. The smallest absolute Gasteiger partial charge is 0.277 e. The van der Waals surface area contributed by atoms with Crippen molar-refractivity contribution < 1.29 is 14.1 Å². The molecule has 0 saturated carbocycles. The van der Waals surface area contributed by atoms with E-state index in [1.807, 2.05) is 6.07 Å². The lowest BCUT2D eigenvalue weighted by atomic mass is 10.2. The van der Waals surface area contributed by atoms with Crippen LogP contribution in [0.4, 0.5) is 5.69 Å². The Morgan fingerprint density at radius 1 is 1.30 bits per heavy atom. The maximum Gasteiger partial charge on any atom is 0.277 e. The summed E-state index contributed by atoms with van der Waals surface area (Å²) in [6.07, 6.45) is 3.28. The van der Waals surface area contributed by atoms with E-state index in [0.717, 1.165) is 5.56 Å². The molecule has 3 aromatic rings. The first-order chi connectivity index (χ1) is 11.2. The molecule has 0 aliphatic carbocycles. The quantitative estimate of drug-likeness (QED) is 0.790. The Morgan fingerprint density at radius 2 is 2.17 bits per heavy atom. The van der Waals surface area contributed by atoms with E-state index in [1.54, 1.807) is 42.7 Å². The van der Waals surface area contributed by atoms with Crippen molar-refractivity contribution in [3.8, 4) is 17.1 Å². The van der Waals surface area contributed by atoms with Crippen LogP contribution in [-0.4, -0.2) is 23.2 Å². The van der Waals surface area contributed by atoms with Gasteiger partial charge < -0.3 is 14.6 Å². The van der Waals surface area contributed by atoms with Gasteiger partial charge in [-0.3, -0.25) is 9.78 Å². The maximum absolute atomic E-state index is 12.3. The molecule has 116 valence electrons. The Morgan fingerprint density at radius 3 is 2.91 bits per heavy atom. The van der Waals surface area contributed by atoms with Crippen LogP contribution in [0.15, 0.2) is 53.3 Å². The first-order valence-corrected chi connectivity index (χ1v) is 7.07. The van der Waals surface area contributed by atoms with Gasteiger partial charge in [-0.1, -0.05) is 16.8 Å². The first-order valence-electron chi connectivity index (χ1n) is 6.69. The molecule has 1 amide bonds. The van der Waals surface area contributed by atoms with Crippen molar-refractivity contribution in [3.63, 3.8) is 0 Å². The van der Waals surface area contributed by atoms with E-state index < -0.39 is 5.91 Å². The van der Waals surface area contributed by atoms with E-state index in [1.165, 1.54) is 7.11 Å². The van der Waals surface area contributed by atoms with Gasteiger partial charge in [0, 0.05) is 29.0 Å². The van der Waals surface area contributed by atoms with Crippen molar-refractivity contribution in [2.75, 3.05) is 12.4 Å². The number of hydrogen-bond donors (Lipinski definition) is 1. The third-order valence-corrected chi connectivity index (χ3v) is 3.33. The van der Waals surface area contributed by atoms with Crippen molar-refractivity contribution in [2.24, 2.45) is 0 Å². The van der Waals surface area contributed by atoms with Crippen LogP contribution in [0.5, 0.6) is 5.75 Å². The maximum atomic E-state index is 12.3. The molecule has 0 saturated heterocycles.